The molecular formula is C15H13N3OS3. The summed E-state index contributed by atoms with van der Waals surface area (Å²) in [5.41, 5.74) is 0.691. The van der Waals surface area contributed by atoms with Gasteiger partial charge in [0.1, 0.15) is 9.88 Å². The van der Waals surface area contributed by atoms with Gasteiger partial charge in [-0.25, -0.2) is 9.97 Å². The fraction of sp³-hybridized carbons (Fsp3) is 0.133. The van der Waals surface area contributed by atoms with E-state index in [1.807, 2.05) is 29.6 Å². The van der Waals surface area contributed by atoms with Gasteiger partial charge in [0.25, 0.3) is 5.91 Å². The molecule has 0 aromatic carbocycles. The van der Waals surface area contributed by atoms with Gasteiger partial charge < -0.3 is 5.32 Å². The molecule has 0 bridgehead atoms. The highest BCUT2D eigenvalue weighted by molar-refractivity contribution is 7.99. The number of thiophene rings is 1. The molecule has 3 aromatic heterocycles. The molecule has 0 radical (unpaired) electrons. The molecule has 3 aromatic rings. The molecule has 3 rings (SSSR count). The van der Waals surface area contributed by atoms with Crippen molar-refractivity contribution in [2.45, 2.75) is 11.9 Å². The lowest BCUT2D eigenvalue weighted by atomic mass is 10.4. The van der Waals surface area contributed by atoms with E-state index in [0.29, 0.717) is 10.6 Å². The SMILES string of the molecule is CCSc1ccc(NC(=O)c2cnc(-c3cccs3)s2)cn1. The smallest absolute Gasteiger partial charge is 0.267 e. The Morgan fingerprint density at radius 1 is 1.27 bits per heavy atom. The molecule has 0 aliphatic rings. The number of carbonyl (C=O) groups is 1. The summed E-state index contributed by atoms with van der Waals surface area (Å²) < 4.78 is 0. The first-order valence-corrected chi connectivity index (χ1v) is 9.34. The van der Waals surface area contributed by atoms with E-state index in [-0.39, 0.29) is 5.91 Å². The molecule has 1 amide bonds. The minimum Gasteiger partial charge on any atom is -0.320 e. The number of rotatable bonds is 5. The van der Waals surface area contributed by atoms with E-state index in [1.165, 1.54) is 11.3 Å². The van der Waals surface area contributed by atoms with Crippen molar-refractivity contribution in [3.05, 3.63) is 46.9 Å². The number of carbonyl (C=O) groups excluding carboxylic acids is 1. The second-order valence-electron chi connectivity index (χ2n) is 4.28. The monoisotopic (exact) mass is 347 g/mol. The fourth-order valence-corrected chi connectivity index (χ4v) is 3.98. The average Bonchev–Trinajstić information content (AvgIpc) is 3.20. The zero-order valence-corrected chi connectivity index (χ0v) is 14.2. The van der Waals surface area contributed by atoms with Crippen LogP contribution in [0.2, 0.25) is 0 Å². The summed E-state index contributed by atoms with van der Waals surface area (Å²) in [6, 6.07) is 7.75. The number of amides is 1. The van der Waals surface area contributed by atoms with Crippen molar-refractivity contribution in [2.75, 3.05) is 11.1 Å². The lowest BCUT2D eigenvalue weighted by molar-refractivity contribution is 0.103. The van der Waals surface area contributed by atoms with E-state index in [0.717, 1.165) is 20.7 Å². The van der Waals surface area contributed by atoms with Crippen LogP contribution in [-0.4, -0.2) is 21.6 Å². The molecule has 0 fully saturated rings. The Labute approximate surface area is 140 Å². The number of hydrogen-bond donors (Lipinski definition) is 1. The second-order valence-corrected chi connectivity index (χ2v) is 7.54. The van der Waals surface area contributed by atoms with Crippen LogP contribution in [0.25, 0.3) is 9.88 Å². The molecule has 4 nitrogen and oxygen atoms in total. The molecule has 22 heavy (non-hydrogen) atoms. The Balaban J connectivity index is 1.69. The number of anilines is 1. The molecule has 0 atom stereocenters. The number of hydrogen-bond acceptors (Lipinski definition) is 6. The van der Waals surface area contributed by atoms with Crippen LogP contribution in [0.5, 0.6) is 0 Å². The van der Waals surface area contributed by atoms with Crippen LogP contribution in [0.15, 0.2) is 47.1 Å². The Kier molecular flexibility index (Phi) is 4.87. The van der Waals surface area contributed by atoms with Gasteiger partial charge in [0, 0.05) is 0 Å². The summed E-state index contributed by atoms with van der Waals surface area (Å²) in [4.78, 5) is 22.5. The largest absolute Gasteiger partial charge is 0.320 e. The molecule has 0 aliphatic carbocycles. The number of nitrogens with zero attached hydrogens (tertiary/aromatic N) is 2. The molecule has 7 heteroatoms. The number of aromatic nitrogens is 2. The van der Waals surface area contributed by atoms with Gasteiger partial charge >= 0.3 is 0 Å². The van der Waals surface area contributed by atoms with E-state index in [9.17, 15) is 4.79 Å². The molecule has 0 unspecified atom stereocenters. The molecular weight excluding hydrogens is 334 g/mol. The maximum atomic E-state index is 12.2. The number of thioether (sulfide) groups is 1. The van der Waals surface area contributed by atoms with E-state index < -0.39 is 0 Å². The Bertz CT molecular complexity index is 751. The Morgan fingerprint density at radius 2 is 2.18 bits per heavy atom. The van der Waals surface area contributed by atoms with Crippen LogP contribution in [0.3, 0.4) is 0 Å². The van der Waals surface area contributed by atoms with Crippen LogP contribution in [0.4, 0.5) is 5.69 Å². The van der Waals surface area contributed by atoms with Gasteiger partial charge in [0.05, 0.1) is 28.0 Å². The Hall–Kier alpha value is -1.70. The fourth-order valence-electron chi connectivity index (χ4n) is 1.77. The molecule has 0 saturated heterocycles. The van der Waals surface area contributed by atoms with Gasteiger partial charge in [0.15, 0.2) is 0 Å². The zero-order chi connectivity index (χ0) is 15.4. The summed E-state index contributed by atoms with van der Waals surface area (Å²) in [5.74, 6) is 0.823. The van der Waals surface area contributed by atoms with E-state index in [2.05, 4.69) is 22.2 Å². The third-order valence-corrected chi connectivity index (χ3v) is 5.61. The number of pyridine rings is 1. The highest BCUT2D eigenvalue weighted by Crippen LogP contribution is 2.29. The average molecular weight is 347 g/mol. The summed E-state index contributed by atoms with van der Waals surface area (Å²) in [6.45, 7) is 2.08. The highest BCUT2D eigenvalue weighted by Gasteiger charge is 2.12. The van der Waals surface area contributed by atoms with Gasteiger partial charge in [-0.05, 0) is 29.3 Å². The van der Waals surface area contributed by atoms with Crippen LogP contribution in [0.1, 0.15) is 16.6 Å². The second kappa shape index (κ2) is 7.04. The topological polar surface area (TPSA) is 54.9 Å². The van der Waals surface area contributed by atoms with Crippen molar-refractivity contribution in [2.24, 2.45) is 0 Å². The van der Waals surface area contributed by atoms with Crippen LogP contribution in [0, 0.1) is 0 Å². The summed E-state index contributed by atoms with van der Waals surface area (Å²) in [6.07, 6.45) is 3.29. The van der Waals surface area contributed by atoms with Gasteiger partial charge in [-0.3, -0.25) is 4.79 Å². The van der Waals surface area contributed by atoms with Crippen molar-refractivity contribution >= 4 is 46.0 Å². The molecule has 3 heterocycles. The predicted molar refractivity (Wildman–Crippen MR) is 94.0 cm³/mol. The van der Waals surface area contributed by atoms with Gasteiger partial charge in [-0.15, -0.1) is 34.4 Å². The van der Waals surface area contributed by atoms with E-state index >= 15 is 0 Å². The number of nitrogens with one attached hydrogen (secondary N) is 1. The third-order valence-electron chi connectivity index (χ3n) is 2.75. The van der Waals surface area contributed by atoms with Crippen molar-refractivity contribution in [3.8, 4) is 9.88 Å². The van der Waals surface area contributed by atoms with E-state index in [4.69, 9.17) is 0 Å². The van der Waals surface area contributed by atoms with E-state index in [1.54, 1.807) is 35.5 Å². The first-order chi connectivity index (χ1) is 10.8. The lowest BCUT2D eigenvalue weighted by Gasteiger charge is -2.03. The van der Waals surface area contributed by atoms with Gasteiger partial charge in [0.2, 0.25) is 0 Å². The van der Waals surface area contributed by atoms with Crippen molar-refractivity contribution < 1.29 is 4.79 Å². The quantitative estimate of drug-likeness (QED) is 0.684. The molecule has 0 spiro atoms. The standard InChI is InChI=1S/C15H13N3OS3/c1-2-20-13-6-5-10(8-16-13)18-14(19)12-9-17-15(22-12)11-4-3-7-21-11/h3-9H,2H2,1H3,(H,18,19). The molecule has 0 saturated carbocycles. The zero-order valence-electron chi connectivity index (χ0n) is 11.8. The van der Waals surface area contributed by atoms with Crippen molar-refractivity contribution in [1.29, 1.82) is 0 Å². The maximum Gasteiger partial charge on any atom is 0.267 e. The molecule has 1 N–H and O–H groups in total. The predicted octanol–water partition coefficient (Wildman–Crippen LogP) is 4.63. The normalized spacial score (nSPS) is 10.6. The van der Waals surface area contributed by atoms with Crippen molar-refractivity contribution in [1.82, 2.24) is 9.97 Å². The third kappa shape index (κ3) is 3.55. The minimum absolute atomic E-state index is 0.155. The number of thiazole rings is 1. The van der Waals surface area contributed by atoms with Crippen LogP contribution < -0.4 is 5.32 Å². The Morgan fingerprint density at radius 3 is 2.86 bits per heavy atom. The summed E-state index contributed by atoms with van der Waals surface area (Å²) >= 11 is 4.68. The lowest BCUT2D eigenvalue weighted by Crippen LogP contribution is -2.10. The minimum atomic E-state index is -0.155. The molecule has 0 aliphatic heterocycles. The first-order valence-electron chi connectivity index (χ1n) is 6.66. The van der Waals surface area contributed by atoms with Crippen LogP contribution in [-0.2, 0) is 0 Å². The maximum absolute atomic E-state index is 12.2. The van der Waals surface area contributed by atoms with Gasteiger partial charge in [-0.2, -0.15) is 0 Å². The molecule has 112 valence electrons. The summed E-state index contributed by atoms with van der Waals surface area (Å²) in [7, 11) is 0. The summed E-state index contributed by atoms with van der Waals surface area (Å²) in [5, 5.41) is 6.67. The highest BCUT2D eigenvalue weighted by atomic mass is 32.2. The van der Waals surface area contributed by atoms with Crippen LogP contribution >= 0.6 is 34.4 Å². The van der Waals surface area contributed by atoms with Crippen molar-refractivity contribution in [3.63, 3.8) is 0 Å². The first kappa shape index (κ1) is 15.2. The van der Waals surface area contributed by atoms with Gasteiger partial charge in [-0.1, -0.05) is 13.0 Å².